The van der Waals surface area contributed by atoms with E-state index in [2.05, 4.69) is 63.6 Å². The first-order valence-electron chi connectivity index (χ1n) is 30.8. The highest BCUT2D eigenvalue weighted by Gasteiger charge is 2.35. The van der Waals surface area contributed by atoms with Crippen LogP contribution in [0.1, 0.15) is 116 Å². The Kier molecular flexibility index (Phi) is 30.7. The maximum Gasteiger partial charge on any atom is 0.338 e. The van der Waals surface area contributed by atoms with E-state index in [9.17, 15) is 72.9 Å². The highest BCUT2D eigenvalue weighted by molar-refractivity contribution is 5.99. The number of guanidine groups is 1. The lowest BCUT2D eigenvalue weighted by atomic mass is 10.0. The summed E-state index contributed by atoms with van der Waals surface area (Å²) in [5.74, 6) is -12.6. The number of nitrogens with one attached hydrogen (secondary N) is 11. The first kappa shape index (κ1) is 75.3. The van der Waals surface area contributed by atoms with Crippen LogP contribution in [0, 0.1) is 5.92 Å². The molecular formula is C63H89N15O15. The van der Waals surface area contributed by atoms with Crippen LogP contribution in [-0.4, -0.2) is 154 Å². The SMILES string of the molecule is CCCC[C@@H](NC(=O)[C@@H]([NH3+])Cc1c[nH]c2ccccc12)C(=O)N[C@@H](CCC(=O)[O-])C(=O)N[C@@H](C)C(=O)N[C@@H](C)C(=O)N[C@@H](Cc1ccc(O)cc1)C(=O)N[C@@H](CCC(N)=O)C(=O)N[C@H](CCC[NH+]=C(N)N)C(=O)N[C@@H](Cc1ccccc1)C(=O)N[C@@H](CC(C)C)C(=O)[O-]. The molecule has 1 heterocycles. The number of aromatic nitrogens is 1. The smallest absolute Gasteiger partial charge is 0.338 e. The number of phenols is 1. The zero-order chi connectivity index (χ0) is 68.9. The second kappa shape index (κ2) is 37.9. The van der Waals surface area contributed by atoms with Crippen molar-refractivity contribution in [3.8, 4) is 5.75 Å². The number of carboxylic acid groups (broad SMARTS) is 2. The number of carbonyl (C=O) groups is 12. The number of quaternary nitrogens is 1. The number of nitrogens with two attached hydrogens (primary N) is 3. The summed E-state index contributed by atoms with van der Waals surface area (Å²) in [5.41, 5.74) is 23.3. The second-order valence-electron chi connectivity index (χ2n) is 23.2. The molecular weight excluding hydrogens is 1210 g/mol. The van der Waals surface area contributed by atoms with Crippen LogP contribution >= 0.6 is 0 Å². The summed E-state index contributed by atoms with van der Waals surface area (Å²) in [7, 11) is 0. The number of amides is 10. The Morgan fingerprint density at radius 1 is 0.516 bits per heavy atom. The average Bonchev–Trinajstić information content (AvgIpc) is 1.86. The van der Waals surface area contributed by atoms with Crippen molar-refractivity contribution in [1.82, 2.24) is 52.8 Å². The molecule has 10 amide bonds. The number of benzene rings is 3. The number of unbranched alkanes of at least 4 members (excludes halogenated alkanes) is 1. The molecule has 0 aliphatic heterocycles. The Morgan fingerprint density at radius 3 is 1.48 bits per heavy atom. The van der Waals surface area contributed by atoms with Gasteiger partial charge in [-0.15, -0.1) is 0 Å². The number of carbonyl (C=O) groups excluding carboxylic acids is 12. The lowest BCUT2D eigenvalue weighted by molar-refractivity contribution is -0.459. The largest absolute Gasteiger partial charge is 0.550 e. The number of hydrogen-bond donors (Lipinski definition) is 16. The molecule has 10 atom stereocenters. The molecule has 0 saturated carbocycles. The van der Waals surface area contributed by atoms with Gasteiger partial charge in [-0.2, -0.15) is 0 Å². The molecule has 0 spiro atoms. The summed E-state index contributed by atoms with van der Waals surface area (Å²) in [6.45, 7) is 7.92. The molecule has 21 N–H and O–H groups in total. The van der Waals surface area contributed by atoms with Gasteiger partial charge in [0.1, 0.15) is 54.1 Å². The van der Waals surface area contributed by atoms with Gasteiger partial charge in [-0.05, 0) is 99.6 Å². The van der Waals surface area contributed by atoms with E-state index >= 15 is 0 Å². The Hall–Kier alpha value is -10.1. The predicted octanol–water partition coefficient (Wildman–Crippen LogP) is -6.17. The molecule has 3 aromatic carbocycles. The van der Waals surface area contributed by atoms with E-state index in [1.807, 2.05) is 31.2 Å². The topological polar surface area (TPSA) is 515 Å². The number of hydrogen-bond acceptors (Lipinski definition) is 15. The molecule has 0 aliphatic carbocycles. The molecule has 30 nitrogen and oxygen atoms in total. The number of carboxylic acids is 2. The number of rotatable bonds is 40. The van der Waals surface area contributed by atoms with Crippen molar-refractivity contribution in [2.24, 2.45) is 23.1 Å². The summed E-state index contributed by atoms with van der Waals surface area (Å²) in [5, 5.41) is 57.4. The highest BCUT2D eigenvalue weighted by atomic mass is 16.4. The minimum absolute atomic E-state index is 0.00366. The molecule has 0 bridgehead atoms. The van der Waals surface area contributed by atoms with Gasteiger partial charge in [0.05, 0.1) is 18.6 Å². The van der Waals surface area contributed by atoms with Crippen LogP contribution in [0.5, 0.6) is 5.75 Å². The first-order chi connectivity index (χ1) is 44.0. The lowest BCUT2D eigenvalue weighted by Gasteiger charge is -2.28. The quantitative estimate of drug-likeness (QED) is 0.0112. The van der Waals surface area contributed by atoms with E-state index in [-0.39, 0.29) is 69.1 Å². The van der Waals surface area contributed by atoms with Gasteiger partial charge in [0.25, 0.3) is 5.91 Å². The fourth-order valence-electron chi connectivity index (χ4n) is 9.78. The van der Waals surface area contributed by atoms with Crippen molar-refractivity contribution in [2.75, 3.05) is 6.54 Å². The van der Waals surface area contributed by atoms with E-state index in [0.717, 1.165) is 16.5 Å². The van der Waals surface area contributed by atoms with E-state index in [1.54, 1.807) is 50.4 Å². The number of aromatic hydroxyl groups is 1. The van der Waals surface area contributed by atoms with Crippen molar-refractivity contribution < 1.29 is 83.6 Å². The van der Waals surface area contributed by atoms with Gasteiger partial charge >= 0.3 is 5.96 Å². The minimum atomic E-state index is -1.65. The fraction of sp³-hybridized carbons (Fsp3) is 0.476. The Balaban J connectivity index is 1.53. The zero-order valence-corrected chi connectivity index (χ0v) is 52.9. The van der Waals surface area contributed by atoms with Crippen molar-refractivity contribution >= 4 is 87.9 Å². The minimum Gasteiger partial charge on any atom is -0.550 e. The van der Waals surface area contributed by atoms with Gasteiger partial charge in [0, 0.05) is 48.8 Å². The number of primary amides is 1. The van der Waals surface area contributed by atoms with Gasteiger partial charge in [0.15, 0.2) is 6.04 Å². The molecule has 4 rings (SSSR count). The van der Waals surface area contributed by atoms with Crippen LogP contribution in [0.2, 0.25) is 0 Å². The molecule has 1 aromatic heterocycles. The van der Waals surface area contributed by atoms with Crippen molar-refractivity contribution in [2.45, 2.75) is 179 Å². The van der Waals surface area contributed by atoms with Crippen LogP contribution in [-0.2, 0) is 76.8 Å². The second-order valence-corrected chi connectivity index (χ2v) is 23.2. The van der Waals surface area contributed by atoms with Gasteiger partial charge in [-0.3, -0.25) is 64.4 Å². The Morgan fingerprint density at radius 2 is 0.957 bits per heavy atom. The van der Waals surface area contributed by atoms with Crippen molar-refractivity contribution in [1.29, 1.82) is 0 Å². The van der Waals surface area contributed by atoms with Crippen molar-refractivity contribution in [3.05, 3.63) is 102 Å². The Bertz CT molecular complexity index is 3250. The standard InChI is InChI=1S/C63H89N15O15/c1-6-7-17-44(72-55(85)42(64)32-39-33-69-43-18-12-11-16-41(39)43)57(87)74-47(25-27-52(81)82)56(86)71-35(4)53(83)70-36(5)54(84)76-48(31-38-20-22-40(79)23-21-38)60(90)75-46(24-26-51(65)80)59(89)73-45(19-13-28-68-63(66)67)58(88)77-49(30-37-14-9-8-10-15-37)61(91)78-50(62(92)93)29-34(2)3/h8-12,14-16,18,20-23,33-36,42,44-50,69,79H,6-7,13,17,19,24-32,64H2,1-5H3,(H2,65,80)(H,70,83)(H,71,86)(H,72,85)(H,73,89)(H,74,87)(H,75,90)(H,76,84)(H,77,88)(H,78,91)(H,81,82)(H,92,93)(H4,66,67,68)/t35-,36-,42-,44+,45+,46-,47-,48-,49-,50-/m0/s1. The normalized spacial score (nSPS) is 14.3. The van der Waals surface area contributed by atoms with Crippen LogP contribution in [0.15, 0.2) is 85.1 Å². The van der Waals surface area contributed by atoms with E-state index in [1.165, 1.54) is 38.1 Å². The van der Waals surface area contributed by atoms with Gasteiger partial charge in [0.2, 0.25) is 53.2 Å². The first-order valence-corrected chi connectivity index (χ1v) is 30.8. The molecule has 0 saturated heterocycles. The summed E-state index contributed by atoms with van der Waals surface area (Å²) < 4.78 is 0. The van der Waals surface area contributed by atoms with Crippen LogP contribution < -0.4 is 86.0 Å². The molecule has 93 heavy (non-hydrogen) atoms. The average molecular weight is 1300 g/mol. The van der Waals surface area contributed by atoms with Crippen molar-refractivity contribution in [3.63, 3.8) is 0 Å². The summed E-state index contributed by atoms with van der Waals surface area (Å²) in [4.78, 5) is 168. The van der Waals surface area contributed by atoms with Crippen LogP contribution in [0.3, 0.4) is 0 Å². The molecule has 0 fully saturated rings. The monoisotopic (exact) mass is 1300 g/mol. The molecule has 0 unspecified atom stereocenters. The van der Waals surface area contributed by atoms with Crippen LogP contribution in [0.4, 0.5) is 0 Å². The molecule has 0 aliphatic rings. The molecule has 506 valence electrons. The maximum absolute atomic E-state index is 14.5. The lowest BCUT2D eigenvalue weighted by Crippen LogP contribution is -2.78. The van der Waals surface area contributed by atoms with E-state index in [4.69, 9.17) is 17.2 Å². The van der Waals surface area contributed by atoms with Gasteiger partial charge in [-0.1, -0.05) is 94.3 Å². The molecule has 0 radical (unpaired) electrons. The summed E-state index contributed by atoms with van der Waals surface area (Å²) in [6.07, 6.45) is 0.657. The third kappa shape index (κ3) is 26.3. The molecule has 30 heteroatoms. The third-order valence-corrected chi connectivity index (χ3v) is 14.9. The van der Waals surface area contributed by atoms with E-state index in [0.29, 0.717) is 24.0 Å². The zero-order valence-electron chi connectivity index (χ0n) is 52.9. The van der Waals surface area contributed by atoms with Crippen LogP contribution in [0.25, 0.3) is 10.9 Å². The maximum atomic E-state index is 14.5. The Labute approximate surface area is 538 Å². The predicted molar refractivity (Wildman–Crippen MR) is 334 cm³/mol. The summed E-state index contributed by atoms with van der Waals surface area (Å²) in [6, 6.07) is 7.37. The number of aliphatic carboxylic acids is 2. The fourth-order valence-corrected chi connectivity index (χ4v) is 9.78. The highest BCUT2D eigenvalue weighted by Crippen LogP contribution is 2.19. The van der Waals surface area contributed by atoms with E-state index < -0.39 is 157 Å². The summed E-state index contributed by atoms with van der Waals surface area (Å²) >= 11 is 0. The number of fused-ring (bicyclic) bond motifs is 1. The third-order valence-electron chi connectivity index (χ3n) is 14.9. The number of phenolic OH excluding ortho intramolecular Hbond substituents is 1. The van der Waals surface area contributed by atoms with Gasteiger partial charge < -0.3 is 89.2 Å². The number of H-pyrrole nitrogens is 1. The van der Waals surface area contributed by atoms with Gasteiger partial charge in [-0.25, -0.2) is 0 Å². The number of aromatic amines is 1. The molecule has 4 aromatic rings. The number of para-hydroxylation sites is 1.